The summed E-state index contributed by atoms with van der Waals surface area (Å²) in [7, 11) is -0.293. The summed E-state index contributed by atoms with van der Waals surface area (Å²) in [5.41, 5.74) is 1.63. The van der Waals surface area contributed by atoms with E-state index < -0.39 is 7.26 Å². The van der Waals surface area contributed by atoms with Gasteiger partial charge in [-0.05, 0) is 62.6 Å². The number of fused-ring (bicyclic) bond motifs is 9. The topological polar surface area (TPSA) is 0 Å². The van der Waals surface area contributed by atoms with Gasteiger partial charge in [0, 0.05) is 7.26 Å². The summed E-state index contributed by atoms with van der Waals surface area (Å²) >= 11 is 0. The van der Waals surface area contributed by atoms with Crippen LogP contribution in [0, 0.1) is 0 Å². The van der Waals surface area contributed by atoms with Crippen LogP contribution in [0.4, 0.5) is 0 Å². The highest BCUT2D eigenvalue weighted by atomic mass is 31.2. The zero-order chi connectivity index (χ0) is 14.4. The SMILES string of the molecule is c1ccc(C[P+]23CCCCP(CCCC2)CCCC3)cc1. The Balaban J connectivity index is 1.77. The molecule has 3 aliphatic rings. The van der Waals surface area contributed by atoms with Crippen molar-refractivity contribution in [2.45, 2.75) is 44.7 Å². The van der Waals surface area contributed by atoms with Crippen LogP contribution in [-0.4, -0.2) is 37.0 Å². The van der Waals surface area contributed by atoms with E-state index in [1.807, 2.05) is 0 Å². The lowest BCUT2D eigenvalue weighted by Crippen LogP contribution is -2.15. The monoisotopic (exact) mass is 321 g/mol. The zero-order valence-electron chi connectivity index (χ0n) is 13.5. The molecule has 0 aliphatic carbocycles. The minimum atomic E-state index is -0.715. The van der Waals surface area contributed by atoms with E-state index in [4.69, 9.17) is 0 Å². The second kappa shape index (κ2) is 8.08. The number of rotatable bonds is 2. The average Bonchev–Trinajstić information content (AvgIpc) is 2.53. The van der Waals surface area contributed by atoms with Gasteiger partial charge in [0.05, 0.1) is 24.6 Å². The molecule has 4 rings (SSSR count). The van der Waals surface area contributed by atoms with E-state index in [0.717, 1.165) is 0 Å². The predicted molar refractivity (Wildman–Crippen MR) is 101 cm³/mol. The van der Waals surface area contributed by atoms with E-state index in [1.165, 1.54) is 6.16 Å². The van der Waals surface area contributed by atoms with Gasteiger partial charge in [0.15, 0.2) is 0 Å². The van der Waals surface area contributed by atoms with Gasteiger partial charge < -0.3 is 0 Å². The summed E-state index contributed by atoms with van der Waals surface area (Å²) < 4.78 is 0. The second-order valence-electron chi connectivity index (χ2n) is 7.12. The quantitative estimate of drug-likeness (QED) is 0.581. The molecule has 21 heavy (non-hydrogen) atoms. The van der Waals surface area contributed by atoms with Crippen molar-refractivity contribution in [1.29, 1.82) is 0 Å². The molecule has 0 nitrogen and oxygen atoms in total. The highest BCUT2D eigenvalue weighted by Gasteiger charge is 2.37. The Morgan fingerprint density at radius 1 is 0.714 bits per heavy atom. The van der Waals surface area contributed by atoms with E-state index in [-0.39, 0.29) is 0 Å². The Morgan fingerprint density at radius 3 is 1.76 bits per heavy atom. The van der Waals surface area contributed by atoms with Crippen molar-refractivity contribution in [3.63, 3.8) is 0 Å². The molecule has 0 saturated carbocycles. The van der Waals surface area contributed by atoms with E-state index in [1.54, 1.807) is 81.1 Å². The first-order chi connectivity index (χ1) is 10.4. The maximum atomic E-state index is 2.38. The van der Waals surface area contributed by atoms with Gasteiger partial charge >= 0.3 is 0 Å². The van der Waals surface area contributed by atoms with Crippen molar-refractivity contribution in [2.75, 3.05) is 37.0 Å². The molecule has 0 radical (unpaired) electrons. The molecule has 3 heterocycles. The fraction of sp³-hybridized carbons (Fsp3) is 0.684. The highest BCUT2D eigenvalue weighted by molar-refractivity contribution is 7.75. The van der Waals surface area contributed by atoms with Gasteiger partial charge in [-0.1, -0.05) is 30.3 Å². The van der Waals surface area contributed by atoms with Crippen LogP contribution in [0.3, 0.4) is 0 Å². The summed E-state index contributed by atoms with van der Waals surface area (Å²) in [4.78, 5) is 0. The largest absolute Gasteiger partial charge is 0.107 e. The molecule has 0 atom stereocenters. The van der Waals surface area contributed by atoms with Crippen LogP contribution < -0.4 is 0 Å². The fourth-order valence-electron chi connectivity index (χ4n) is 4.23. The number of hydrogen-bond acceptors (Lipinski definition) is 0. The van der Waals surface area contributed by atoms with Crippen LogP contribution >= 0.6 is 15.2 Å². The van der Waals surface area contributed by atoms with Crippen molar-refractivity contribution in [3.05, 3.63) is 35.9 Å². The molecule has 1 aromatic carbocycles. The maximum Gasteiger partial charge on any atom is 0.0842 e. The van der Waals surface area contributed by atoms with Gasteiger partial charge in [0.25, 0.3) is 0 Å². The first-order valence-electron chi connectivity index (χ1n) is 8.98. The van der Waals surface area contributed by atoms with E-state index >= 15 is 0 Å². The molecule has 0 spiro atoms. The van der Waals surface area contributed by atoms with Crippen LogP contribution in [0.1, 0.15) is 44.1 Å². The molecule has 3 fully saturated rings. The standard InChI is InChI=1S/C19H31P2/c1-2-10-19(11-3-1)18-21-15-7-4-12-20(13-5-8-16-21)14-6-9-17-21/h1-3,10-11H,4-9,12-18H2/q+1. The lowest BCUT2D eigenvalue weighted by molar-refractivity contribution is 0.801. The molecule has 0 N–H and O–H groups in total. The lowest BCUT2D eigenvalue weighted by atomic mass is 10.2. The summed E-state index contributed by atoms with van der Waals surface area (Å²) in [5.74, 6) is 0. The van der Waals surface area contributed by atoms with Crippen LogP contribution in [-0.2, 0) is 6.16 Å². The molecule has 1 aromatic rings. The number of benzene rings is 1. The Bertz CT molecular complexity index is 384. The van der Waals surface area contributed by atoms with Crippen LogP contribution in [0.2, 0.25) is 0 Å². The third-order valence-corrected chi connectivity index (χ3v) is 13.1. The summed E-state index contributed by atoms with van der Waals surface area (Å²) in [6, 6.07) is 11.4. The first kappa shape index (κ1) is 16.0. The molecule has 2 heteroatoms. The molecular formula is C19H31P2+. The molecule has 0 unspecified atom stereocenters. The maximum absolute atomic E-state index is 2.38. The molecule has 3 saturated heterocycles. The summed E-state index contributed by atoms with van der Waals surface area (Å²) in [5, 5.41) is 0. The molecule has 2 bridgehead atoms. The Hall–Kier alpha value is 0.0800. The van der Waals surface area contributed by atoms with Gasteiger partial charge in [-0.2, -0.15) is 0 Å². The third-order valence-electron chi connectivity index (χ3n) is 5.43. The normalized spacial score (nSPS) is 31.3. The minimum Gasteiger partial charge on any atom is -0.107 e. The Morgan fingerprint density at radius 2 is 1.24 bits per heavy atom. The lowest BCUT2D eigenvalue weighted by Gasteiger charge is -2.32. The van der Waals surface area contributed by atoms with Crippen LogP contribution in [0.25, 0.3) is 0 Å². The van der Waals surface area contributed by atoms with Gasteiger partial charge in [-0.25, -0.2) is 0 Å². The van der Waals surface area contributed by atoms with Gasteiger partial charge in [-0.15, -0.1) is 7.92 Å². The predicted octanol–water partition coefficient (Wildman–Crippen LogP) is 6.05. The molecule has 0 aromatic heterocycles. The van der Waals surface area contributed by atoms with E-state index in [9.17, 15) is 0 Å². The minimum absolute atomic E-state index is 0.422. The van der Waals surface area contributed by atoms with E-state index in [0.29, 0.717) is 7.92 Å². The summed E-state index contributed by atoms with van der Waals surface area (Å²) in [6.07, 6.45) is 20.3. The van der Waals surface area contributed by atoms with Crippen molar-refractivity contribution < 1.29 is 0 Å². The Labute approximate surface area is 133 Å². The molecule has 116 valence electrons. The van der Waals surface area contributed by atoms with E-state index in [2.05, 4.69) is 30.3 Å². The fourth-order valence-corrected chi connectivity index (χ4v) is 11.7. The average molecular weight is 321 g/mol. The smallest absolute Gasteiger partial charge is 0.0842 e. The van der Waals surface area contributed by atoms with Crippen LogP contribution in [0.15, 0.2) is 30.3 Å². The Kier molecular flexibility index (Phi) is 6.14. The van der Waals surface area contributed by atoms with Crippen LogP contribution in [0.5, 0.6) is 0 Å². The van der Waals surface area contributed by atoms with Crippen molar-refractivity contribution in [2.24, 2.45) is 0 Å². The first-order valence-corrected chi connectivity index (χ1v) is 13.4. The van der Waals surface area contributed by atoms with Crippen molar-refractivity contribution in [3.8, 4) is 0 Å². The van der Waals surface area contributed by atoms with Crippen molar-refractivity contribution >= 4 is 15.2 Å². The third kappa shape index (κ3) is 4.77. The van der Waals surface area contributed by atoms with Crippen molar-refractivity contribution in [1.82, 2.24) is 0 Å². The van der Waals surface area contributed by atoms with Gasteiger partial charge in [-0.3, -0.25) is 0 Å². The zero-order valence-corrected chi connectivity index (χ0v) is 15.3. The molecular weight excluding hydrogens is 290 g/mol. The van der Waals surface area contributed by atoms with Gasteiger partial charge in [0.1, 0.15) is 0 Å². The molecule has 0 amide bonds. The second-order valence-corrected chi connectivity index (χ2v) is 14.1. The molecule has 3 aliphatic heterocycles. The number of hydrogen-bond donors (Lipinski definition) is 0. The van der Waals surface area contributed by atoms with Gasteiger partial charge in [0.2, 0.25) is 0 Å². The highest BCUT2D eigenvalue weighted by Crippen LogP contribution is 2.64. The summed E-state index contributed by atoms with van der Waals surface area (Å²) in [6.45, 7) is 0.